The summed E-state index contributed by atoms with van der Waals surface area (Å²) in [6.07, 6.45) is 1.46. The Balaban J connectivity index is 2.68. The Labute approximate surface area is 107 Å². The Morgan fingerprint density at radius 1 is 1.41 bits per heavy atom. The first-order valence-electron chi connectivity index (χ1n) is 4.78. The monoisotopic (exact) mass is 292 g/mol. The maximum absolute atomic E-state index is 9.04. The molecule has 0 spiro atoms. The maximum Gasteiger partial charge on any atom is 0.208 e. The second kappa shape index (κ2) is 4.52. The van der Waals surface area contributed by atoms with Crippen molar-refractivity contribution in [3.63, 3.8) is 0 Å². The van der Waals surface area contributed by atoms with Crippen LogP contribution in [0.5, 0.6) is 5.75 Å². The van der Waals surface area contributed by atoms with Crippen LogP contribution in [0.4, 0.5) is 5.88 Å². The number of rotatable bonds is 2. The molecule has 0 amide bonds. The average Bonchev–Trinajstić information content (AvgIpc) is 2.70. The van der Waals surface area contributed by atoms with Gasteiger partial charge in [0, 0.05) is 15.6 Å². The minimum atomic E-state index is 0.115. The summed E-state index contributed by atoms with van der Waals surface area (Å²) in [7, 11) is 1.57. The van der Waals surface area contributed by atoms with Crippen LogP contribution in [-0.2, 0) is 0 Å². The number of anilines is 1. The molecule has 0 radical (unpaired) electrons. The van der Waals surface area contributed by atoms with E-state index in [2.05, 4.69) is 15.9 Å². The molecule has 1 aromatic heterocycles. The number of hydrogen-bond donors (Lipinski definition) is 1. The van der Waals surface area contributed by atoms with Gasteiger partial charge in [0.1, 0.15) is 23.6 Å². The van der Waals surface area contributed by atoms with Gasteiger partial charge in [-0.2, -0.15) is 5.26 Å². The average molecular weight is 293 g/mol. The van der Waals surface area contributed by atoms with E-state index in [0.29, 0.717) is 16.9 Å². The molecule has 2 aromatic rings. The molecule has 0 saturated carbocycles. The van der Waals surface area contributed by atoms with Crippen molar-refractivity contribution in [2.45, 2.75) is 0 Å². The summed E-state index contributed by atoms with van der Waals surface area (Å²) in [5, 5.41) is 9.04. The first-order chi connectivity index (χ1) is 8.17. The number of halogens is 1. The molecule has 0 unspecified atom stereocenters. The summed E-state index contributed by atoms with van der Waals surface area (Å²) in [4.78, 5) is 0. The van der Waals surface area contributed by atoms with Gasteiger partial charge in [-0.3, -0.25) is 0 Å². The standard InChI is InChI=1S/C12H9BrN2O2/c1-16-11-3-2-7(13)4-8(11)10-6-17-12(15)9(10)5-14/h2-4,6H,15H2,1H3. The lowest BCUT2D eigenvalue weighted by Crippen LogP contribution is -1.90. The Morgan fingerprint density at radius 3 is 2.82 bits per heavy atom. The Bertz CT molecular complexity index is 599. The largest absolute Gasteiger partial charge is 0.496 e. The van der Waals surface area contributed by atoms with Gasteiger partial charge in [0.15, 0.2) is 0 Å². The zero-order valence-corrected chi connectivity index (χ0v) is 10.6. The molecule has 86 valence electrons. The van der Waals surface area contributed by atoms with Crippen molar-refractivity contribution < 1.29 is 9.15 Å². The fourth-order valence-electron chi connectivity index (χ4n) is 1.58. The molecule has 1 aromatic carbocycles. The van der Waals surface area contributed by atoms with E-state index in [9.17, 15) is 0 Å². The number of benzene rings is 1. The van der Waals surface area contributed by atoms with Crippen LogP contribution >= 0.6 is 15.9 Å². The lowest BCUT2D eigenvalue weighted by molar-refractivity contribution is 0.416. The van der Waals surface area contributed by atoms with Crippen LogP contribution in [0.2, 0.25) is 0 Å². The molecule has 2 rings (SSSR count). The number of nitrogens with two attached hydrogens (primary N) is 1. The summed E-state index contributed by atoms with van der Waals surface area (Å²) in [6, 6.07) is 7.54. The Kier molecular flexibility index (Phi) is 3.07. The third-order valence-electron chi connectivity index (χ3n) is 2.38. The fourth-order valence-corrected chi connectivity index (χ4v) is 1.94. The highest BCUT2D eigenvalue weighted by Gasteiger charge is 2.16. The first kappa shape index (κ1) is 11.6. The summed E-state index contributed by atoms with van der Waals surface area (Å²) >= 11 is 3.38. The van der Waals surface area contributed by atoms with E-state index < -0.39 is 0 Å². The predicted molar refractivity (Wildman–Crippen MR) is 67.5 cm³/mol. The summed E-state index contributed by atoms with van der Waals surface area (Å²) in [6.45, 7) is 0. The molecule has 0 aliphatic heterocycles. The van der Waals surface area contributed by atoms with Crippen molar-refractivity contribution in [2.24, 2.45) is 0 Å². The third kappa shape index (κ3) is 1.99. The highest BCUT2D eigenvalue weighted by atomic mass is 79.9. The fraction of sp³-hybridized carbons (Fsp3) is 0.0833. The Morgan fingerprint density at radius 2 is 2.18 bits per heavy atom. The van der Waals surface area contributed by atoms with Gasteiger partial charge in [-0.05, 0) is 18.2 Å². The van der Waals surface area contributed by atoms with Crippen molar-refractivity contribution in [1.82, 2.24) is 0 Å². The molecule has 0 atom stereocenters. The van der Waals surface area contributed by atoms with E-state index in [-0.39, 0.29) is 5.88 Å². The van der Waals surface area contributed by atoms with Crippen LogP contribution < -0.4 is 10.5 Å². The van der Waals surface area contributed by atoms with Crippen molar-refractivity contribution >= 4 is 21.8 Å². The minimum absolute atomic E-state index is 0.115. The molecule has 0 fully saturated rings. The molecular formula is C12H9BrN2O2. The number of nitrogen functional groups attached to an aromatic ring is 1. The minimum Gasteiger partial charge on any atom is -0.496 e. The highest BCUT2D eigenvalue weighted by molar-refractivity contribution is 9.10. The molecule has 0 aliphatic rings. The maximum atomic E-state index is 9.04. The zero-order valence-electron chi connectivity index (χ0n) is 9.03. The molecule has 1 heterocycles. The molecule has 0 saturated heterocycles. The van der Waals surface area contributed by atoms with Crippen molar-refractivity contribution in [3.8, 4) is 22.9 Å². The molecule has 17 heavy (non-hydrogen) atoms. The summed E-state index contributed by atoms with van der Waals surface area (Å²) in [5.41, 5.74) is 7.29. The lowest BCUT2D eigenvalue weighted by Gasteiger charge is -2.07. The predicted octanol–water partition coefficient (Wildman–Crippen LogP) is 3.17. The number of methoxy groups -OCH3 is 1. The highest BCUT2D eigenvalue weighted by Crippen LogP contribution is 2.37. The number of nitriles is 1. The van der Waals surface area contributed by atoms with Gasteiger partial charge in [0.25, 0.3) is 0 Å². The zero-order chi connectivity index (χ0) is 12.4. The van der Waals surface area contributed by atoms with E-state index in [1.807, 2.05) is 24.3 Å². The van der Waals surface area contributed by atoms with Gasteiger partial charge in [0.2, 0.25) is 5.88 Å². The SMILES string of the molecule is COc1ccc(Br)cc1-c1coc(N)c1C#N. The second-order valence-electron chi connectivity index (χ2n) is 3.35. The van der Waals surface area contributed by atoms with Crippen LogP contribution in [0.25, 0.3) is 11.1 Å². The number of furan rings is 1. The van der Waals surface area contributed by atoms with Crippen LogP contribution in [0.15, 0.2) is 33.4 Å². The van der Waals surface area contributed by atoms with Gasteiger partial charge in [0.05, 0.1) is 7.11 Å². The van der Waals surface area contributed by atoms with Gasteiger partial charge in [-0.25, -0.2) is 0 Å². The third-order valence-corrected chi connectivity index (χ3v) is 2.88. The van der Waals surface area contributed by atoms with Crippen LogP contribution in [0, 0.1) is 11.3 Å². The van der Waals surface area contributed by atoms with Crippen LogP contribution in [0.1, 0.15) is 5.56 Å². The molecule has 2 N–H and O–H groups in total. The van der Waals surface area contributed by atoms with Crippen LogP contribution in [-0.4, -0.2) is 7.11 Å². The Hall–Kier alpha value is -1.93. The van der Waals surface area contributed by atoms with E-state index in [0.717, 1.165) is 10.0 Å². The van der Waals surface area contributed by atoms with Gasteiger partial charge < -0.3 is 14.9 Å². The lowest BCUT2D eigenvalue weighted by atomic mass is 10.0. The van der Waals surface area contributed by atoms with Gasteiger partial charge in [-0.15, -0.1) is 0 Å². The number of ether oxygens (including phenoxy) is 1. The topological polar surface area (TPSA) is 72.2 Å². The molecule has 5 heteroatoms. The first-order valence-corrected chi connectivity index (χ1v) is 5.57. The number of nitrogens with zero attached hydrogens (tertiary/aromatic N) is 1. The molecule has 0 bridgehead atoms. The van der Waals surface area contributed by atoms with Gasteiger partial charge in [-0.1, -0.05) is 15.9 Å². The summed E-state index contributed by atoms with van der Waals surface area (Å²) in [5.74, 6) is 0.773. The van der Waals surface area contributed by atoms with E-state index >= 15 is 0 Å². The van der Waals surface area contributed by atoms with Crippen molar-refractivity contribution in [2.75, 3.05) is 12.8 Å². The number of hydrogen-bond acceptors (Lipinski definition) is 4. The smallest absolute Gasteiger partial charge is 0.208 e. The quantitative estimate of drug-likeness (QED) is 0.923. The van der Waals surface area contributed by atoms with E-state index in [1.165, 1.54) is 6.26 Å². The molecule has 4 nitrogen and oxygen atoms in total. The second-order valence-corrected chi connectivity index (χ2v) is 4.26. The van der Waals surface area contributed by atoms with Crippen molar-refractivity contribution in [1.29, 1.82) is 5.26 Å². The normalized spacial score (nSPS) is 9.94. The molecule has 0 aliphatic carbocycles. The molecular weight excluding hydrogens is 284 g/mol. The van der Waals surface area contributed by atoms with Crippen LogP contribution in [0.3, 0.4) is 0 Å². The van der Waals surface area contributed by atoms with Gasteiger partial charge >= 0.3 is 0 Å². The summed E-state index contributed by atoms with van der Waals surface area (Å²) < 4.78 is 11.2. The van der Waals surface area contributed by atoms with E-state index in [1.54, 1.807) is 7.11 Å². The van der Waals surface area contributed by atoms with E-state index in [4.69, 9.17) is 20.1 Å². The van der Waals surface area contributed by atoms with Crippen molar-refractivity contribution in [3.05, 3.63) is 34.5 Å².